The molecule has 0 atom stereocenters. The Morgan fingerprint density at radius 3 is 2.45 bits per heavy atom. The third kappa shape index (κ3) is 4.02. The molecule has 0 saturated heterocycles. The molecular formula is C23H25N4O4+. The Morgan fingerprint density at radius 2 is 1.84 bits per heavy atom. The number of benzene rings is 1. The van der Waals surface area contributed by atoms with Crippen LogP contribution in [-0.2, 0) is 7.05 Å². The first-order valence-electron chi connectivity index (χ1n) is 9.90. The summed E-state index contributed by atoms with van der Waals surface area (Å²) in [4.78, 5) is 4.60. The van der Waals surface area contributed by atoms with Crippen LogP contribution in [0.1, 0.15) is 12.0 Å². The highest BCUT2D eigenvalue weighted by molar-refractivity contribution is 5.67. The largest absolute Gasteiger partial charge is 0.502 e. The maximum absolute atomic E-state index is 11.2. The molecule has 1 aliphatic heterocycles. The number of methoxy groups -OCH3 is 2. The van der Waals surface area contributed by atoms with E-state index >= 15 is 0 Å². The highest BCUT2D eigenvalue weighted by atomic mass is 16.5. The lowest BCUT2D eigenvalue weighted by Crippen LogP contribution is -2.45. The minimum Gasteiger partial charge on any atom is -0.502 e. The van der Waals surface area contributed by atoms with E-state index in [0.717, 1.165) is 21.8 Å². The lowest BCUT2D eigenvalue weighted by molar-refractivity contribution is 0.286. The minimum atomic E-state index is -0.0746. The van der Waals surface area contributed by atoms with E-state index in [-0.39, 0.29) is 12.4 Å². The molecule has 8 nitrogen and oxygen atoms in total. The third-order valence-electron chi connectivity index (χ3n) is 5.26. The average Bonchev–Trinajstić information content (AvgIpc) is 3.24. The molecule has 8 heteroatoms. The van der Waals surface area contributed by atoms with Crippen LogP contribution < -0.4 is 24.8 Å². The molecule has 2 aromatic heterocycles. The molecule has 3 heterocycles. The van der Waals surface area contributed by atoms with Crippen LogP contribution in [0.2, 0.25) is 0 Å². The fourth-order valence-electron chi connectivity index (χ4n) is 3.70. The molecule has 0 aliphatic carbocycles. The monoisotopic (exact) mass is 421 g/mol. The lowest BCUT2D eigenvalue weighted by Gasteiger charge is -2.13. The van der Waals surface area contributed by atoms with Crippen molar-refractivity contribution in [3.05, 3.63) is 64.8 Å². The number of β-amino-alcohol motifs (C(OH)–C–C–N with tert-alkyl or cyclic N) is 1. The molecule has 1 aliphatic rings. The van der Waals surface area contributed by atoms with Crippen LogP contribution in [0.4, 0.5) is 0 Å². The first kappa shape index (κ1) is 20.6. The second kappa shape index (κ2) is 8.61. The van der Waals surface area contributed by atoms with Crippen LogP contribution in [0.15, 0.2) is 48.6 Å². The van der Waals surface area contributed by atoms with Gasteiger partial charge in [-0.2, -0.15) is 9.67 Å². The molecule has 0 fully saturated rings. The fourth-order valence-corrected chi connectivity index (χ4v) is 3.70. The predicted molar refractivity (Wildman–Crippen MR) is 117 cm³/mol. The summed E-state index contributed by atoms with van der Waals surface area (Å²) < 4.78 is 14.3. The maximum Gasteiger partial charge on any atom is 0.231 e. The number of fused-ring (bicyclic) bond motifs is 1. The van der Waals surface area contributed by atoms with Crippen LogP contribution in [0.25, 0.3) is 23.0 Å². The van der Waals surface area contributed by atoms with Crippen molar-refractivity contribution >= 4 is 11.8 Å². The van der Waals surface area contributed by atoms with E-state index in [0.29, 0.717) is 35.7 Å². The topological polar surface area (TPSA) is 92.6 Å². The summed E-state index contributed by atoms with van der Waals surface area (Å²) in [6, 6.07) is 7.26. The molecule has 0 unspecified atom stereocenters. The van der Waals surface area contributed by atoms with Crippen molar-refractivity contribution in [2.45, 2.75) is 6.42 Å². The Kier molecular flexibility index (Phi) is 5.73. The highest BCUT2D eigenvalue weighted by Crippen LogP contribution is 2.28. The molecular weight excluding hydrogens is 396 g/mol. The van der Waals surface area contributed by atoms with Crippen molar-refractivity contribution in [3.63, 3.8) is 0 Å². The molecule has 0 amide bonds. The fraction of sp³-hybridized carbons (Fsp3) is 0.261. The Labute approximate surface area is 179 Å². The van der Waals surface area contributed by atoms with Gasteiger partial charge >= 0.3 is 0 Å². The van der Waals surface area contributed by atoms with E-state index in [9.17, 15) is 10.2 Å². The second-order valence-corrected chi connectivity index (χ2v) is 7.21. The van der Waals surface area contributed by atoms with E-state index < -0.39 is 0 Å². The summed E-state index contributed by atoms with van der Waals surface area (Å²) in [6.07, 6.45) is 7.95. The van der Waals surface area contributed by atoms with Crippen LogP contribution in [0, 0.1) is 0 Å². The number of nitrogens with zero attached hydrogens (tertiary/aromatic N) is 4. The molecule has 0 saturated carbocycles. The van der Waals surface area contributed by atoms with Crippen molar-refractivity contribution < 1.29 is 19.7 Å². The molecule has 0 bridgehead atoms. The van der Waals surface area contributed by atoms with Gasteiger partial charge in [0.25, 0.3) is 0 Å². The minimum absolute atomic E-state index is 0.0746. The molecule has 0 radical (unpaired) electrons. The molecule has 0 spiro atoms. The van der Waals surface area contributed by atoms with Gasteiger partial charge in [-0.05, 0) is 18.2 Å². The molecule has 3 aromatic rings. The average molecular weight is 421 g/mol. The zero-order valence-corrected chi connectivity index (χ0v) is 17.7. The summed E-state index contributed by atoms with van der Waals surface area (Å²) >= 11 is 0. The van der Waals surface area contributed by atoms with Crippen LogP contribution in [-0.4, -0.2) is 52.3 Å². The number of aliphatic hydroxyl groups is 2. The van der Waals surface area contributed by atoms with Gasteiger partial charge in [0.05, 0.1) is 26.8 Å². The number of hydrogen-bond acceptors (Lipinski definition) is 6. The smallest absolute Gasteiger partial charge is 0.231 e. The summed E-state index contributed by atoms with van der Waals surface area (Å²) in [6.45, 7) is 0.244. The SMILES string of the molecule is COc1cc(OC)cc(C(O)=C2CC=c3ncc(-c4cnn(C)c4)cc3=[N+]2CCO)c1. The number of hydrogen-bond donors (Lipinski definition) is 2. The third-order valence-corrected chi connectivity index (χ3v) is 5.26. The highest BCUT2D eigenvalue weighted by Gasteiger charge is 2.25. The van der Waals surface area contributed by atoms with Crippen molar-refractivity contribution in [3.8, 4) is 22.6 Å². The molecule has 160 valence electrons. The Morgan fingerprint density at radius 1 is 1.10 bits per heavy atom. The Bertz CT molecular complexity index is 1250. The van der Waals surface area contributed by atoms with E-state index in [1.807, 2.05) is 36.2 Å². The first-order valence-corrected chi connectivity index (χ1v) is 9.90. The van der Waals surface area contributed by atoms with E-state index in [1.54, 1.807) is 43.3 Å². The van der Waals surface area contributed by atoms with Crippen LogP contribution >= 0.6 is 0 Å². The summed E-state index contributed by atoms with van der Waals surface area (Å²) in [5.41, 5.74) is 3.09. The molecule has 31 heavy (non-hydrogen) atoms. The molecule has 1 aromatic carbocycles. The van der Waals surface area contributed by atoms with E-state index in [4.69, 9.17) is 9.47 Å². The van der Waals surface area contributed by atoms with Crippen LogP contribution in [0.5, 0.6) is 11.5 Å². The Balaban J connectivity index is 1.92. The van der Waals surface area contributed by atoms with Gasteiger partial charge in [-0.3, -0.25) is 4.68 Å². The number of allylic oxidation sites excluding steroid dienone is 1. The number of rotatable bonds is 6. The summed E-state index contributed by atoms with van der Waals surface area (Å²) in [7, 11) is 5.00. The number of ether oxygens (including phenoxy) is 2. The van der Waals surface area contributed by atoms with Gasteiger partial charge in [0.1, 0.15) is 23.5 Å². The number of aliphatic hydroxyl groups excluding tert-OH is 2. The Hall–Kier alpha value is -3.65. The summed E-state index contributed by atoms with van der Waals surface area (Å²) in [5.74, 6) is 1.26. The van der Waals surface area contributed by atoms with Gasteiger partial charge in [0, 0.05) is 48.3 Å². The zero-order valence-electron chi connectivity index (χ0n) is 17.7. The van der Waals surface area contributed by atoms with Crippen molar-refractivity contribution in [2.75, 3.05) is 27.4 Å². The zero-order chi connectivity index (χ0) is 22.0. The first-order chi connectivity index (χ1) is 15.0. The van der Waals surface area contributed by atoms with Crippen molar-refractivity contribution in [1.82, 2.24) is 19.3 Å². The molecule has 2 N–H and O–H groups in total. The number of aromatic nitrogens is 3. The standard InChI is InChI=1S/C23H24N4O4/c1-26-14-17(13-25-26)16-10-22-20(24-12-16)4-5-21(27(22)6-7-28)23(29)15-8-18(30-2)11-19(9-15)31-3/h4,8-14,28H,5-7H2,1-3H3/p+1. The predicted octanol–water partition coefficient (Wildman–Crippen LogP) is 1.09. The quantitative estimate of drug-likeness (QED) is 0.457. The molecule has 4 rings (SSSR count). The van der Waals surface area contributed by atoms with Gasteiger partial charge < -0.3 is 19.7 Å². The van der Waals surface area contributed by atoms with Gasteiger partial charge in [0.2, 0.25) is 11.1 Å². The normalized spacial score (nSPS) is 14.6. The summed E-state index contributed by atoms with van der Waals surface area (Å²) in [5, 5.41) is 26.8. The van der Waals surface area contributed by atoms with Gasteiger partial charge in [0.15, 0.2) is 12.3 Å². The van der Waals surface area contributed by atoms with E-state index in [2.05, 4.69) is 10.1 Å². The number of aryl methyl sites for hydroxylation is 1. The van der Waals surface area contributed by atoms with Gasteiger partial charge in [-0.25, -0.2) is 4.98 Å². The number of pyridine rings is 1. The van der Waals surface area contributed by atoms with Crippen molar-refractivity contribution in [1.29, 1.82) is 0 Å². The van der Waals surface area contributed by atoms with Crippen molar-refractivity contribution in [2.24, 2.45) is 7.05 Å². The lowest BCUT2D eigenvalue weighted by atomic mass is 10.1. The van der Waals surface area contributed by atoms with E-state index in [1.165, 1.54) is 0 Å². The maximum atomic E-state index is 11.2. The van der Waals surface area contributed by atoms with Gasteiger partial charge in [-0.1, -0.05) is 0 Å². The van der Waals surface area contributed by atoms with Gasteiger partial charge in [-0.15, -0.1) is 0 Å². The van der Waals surface area contributed by atoms with Crippen LogP contribution in [0.3, 0.4) is 0 Å². The second-order valence-electron chi connectivity index (χ2n) is 7.21.